The van der Waals surface area contributed by atoms with Gasteiger partial charge in [0.15, 0.2) is 0 Å². The Morgan fingerprint density at radius 2 is 0.688 bits per heavy atom. The summed E-state index contributed by atoms with van der Waals surface area (Å²) in [6.07, 6.45) is 0. The van der Waals surface area contributed by atoms with Gasteiger partial charge in [-0.25, -0.2) is 0 Å². The van der Waals surface area contributed by atoms with Crippen LogP contribution in [0.25, 0.3) is 5.57 Å². The second-order valence-corrected chi connectivity index (χ2v) is 8.46. The third-order valence-corrected chi connectivity index (χ3v) is 5.58. The first-order valence-corrected chi connectivity index (χ1v) is 17.6. The van der Waals surface area contributed by atoms with Gasteiger partial charge in [0.25, 0.3) is 0 Å². The zero-order valence-electron chi connectivity index (χ0n) is 33.4. The van der Waals surface area contributed by atoms with Crippen LogP contribution in [0.5, 0.6) is 0 Å². The normalized spacial score (nSPS) is 7.83. The monoisotopic (exact) mass is 988 g/mol. The molecular weight excluding hydrogens is 920 g/mol. The van der Waals surface area contributed by atoms with E-state index in [1.165, 1.54) is 27.8 Å². The Kier molecular flexibility index (Phi) is 50.8. The summed E-state index contributed by atoms with van der Waals surface area (Å²) in [5.74, 6) is 6.40. The number of hydrogen-bond donors (Lipinski definition) is 0. The predicted molar refractivity (Wildman–Crippen MR) is 215 cm³/mol. The van der Waals surface area contributed by atoms with Crippen LogP contribution in [-0.4, -0.2) is 0 Å². The van der Waals surface area contributed by atoms with Gasteiger partial charge in [-0.3, -0.25) is 0 Å². The van der Waals surface area contributed by atoms with Crippen LogP contribution in [0.15, 0.2) is 133 Å². The van der Waals surface area contributed by atoms with Gasteiger partial charge in [0, 0.05) is 47.7 Å². The molecule has 2 heteroatoms. The fourth-order valence-electron chi connectivity index (χ4n) is 3.87. The quantitative estimate of drug-likeness (QED) is 0.141. The minimum absolute atomic E-state index is 0. The van der Waals surface area contributed by atoms with Gasteiger partial charge in [-0.05, 0) is 55.5 Å². The molecule has 0 saturated heterocycles. The molecule has 4 aromatic rings. The molecule has 0 heterocycles. The van der Waals surface area contributed by atoms with Crippen molar-refractivity contribution in [3.8, 4) is 11.8 Å². The molecule has 264 valence electrons. The molecule has 4 aromatic carbocycles. The molecule has 0 aliphatic carbocycles. The molecule has 48 heavy (non-hydrogen) atoms. The largest absolute Gasteiger partial charge is 0.113 e. The van der Waals surface area contributed by atoms with Gasteiger partial charge in [-0.2, -0.15) is 0 Å². The fourth-order valence-corrected chi connectivity index (χ4v) is 3.87. The van der Waals surface area contributed by atoms with Crippen molar-refractivity contribution < 1.29 is 42.1 Å². The van der Waals surface area contributed by atoms with E-state index < -0.39 is 0 Å². The Morgan fingerprint density at radius 1 is 0.438 bits per heavy atom. The number of benzene rings is 4. The van der Waals surface area contributed by atoms with Crippen LogP contribution >= 0.6 is 0 Å². The molecule has 0 amide bonds. The maximum atomic E-state index is 3.45. The van der Waals surface area contributed by atoms with Gasteiger partial charge >= 0.3 is 0 Å². The van der Waals surface area contributed by atoms with Crippen molar-refractivity contribution >= 4 is 5.57 Å². The van der Waals surface area contributed by atoms with Crippen molar-refractivity contribution in [2.75, 3.05) is 0 Å². The van der Waals surface area contributed by atoms with E-state index in [1.54, 1.807) is 0 Å². The van der Waals surface area contributed by atoms with Gasteiger partial charge in [-0.1, -0.05) is 210 Å². The van der Waals surface area contributed by atoms with Crippen molar-refractivity contribution in [1.29, 1.82) is 0 Å². The minimum atomic E-state index is -0.225. The van der Waals surface area contributed by atoms with Crippen LogP contribution in [0.1, 0.15) is 133 Å². The molecule has 0 saturated carbocycles. The molecule has 0 unspecified atom stereocenters. The summed E-state index contributed by atoms with van der Waals surface area (Å²) in [6, 6.07) is 41.7. The summed E-state index contributed by atoms with van der Waals surface area (Å²) in [6.45, 7) is 32.2. The first-order valence-electron chi connectivity index (χ1n) is 17.6. The SMILES string of the molecule is CC.CC.CC.CC.CC.CC.CC#CC(C)(c1ccccc1)c1ccccc1.CC(C)=C=C(c1ccccc1)c1ccccc1.[W].[W]. The fraction of sp³-hybridized carbons (Fsp3) is 0.370. The summed E-state index contributed by atoms with van der Waals surface area (Å²) < 4.78 is 0. The topological polar surface area (TPSA) is 0 Å². The average Bonchev–Trinajstić information content (AvgIpc) is 3.17. The van der Waals surface area contributed by atoms with Crippen LogP contribution in [0, 0.1) is 11.8 Å². The van der Waals surface area contributed by atoms with E-state index >= 15 is 0 Å². The third kappa shape index (κ3) is 23.6. The summed E-state index contributed by atoms with van der Waals surface area (Å²) in [5.41, 5.74) is 10.5. The molecule has 4 rings (SSSR count). The second-order valence-electron chi connectivity index (χ2n) is 8.46. The summed E-state index contributed by atoms with van der Waals surface area (Å²) in [4.78, 5) is 0. The number of rotatable bonds is 4. The number of allylic oxidation sites excluding steroid dienone is 1. The third-order valence-electron chi connectivity index (χ3n) is 5.58. The van der Waals surface area contributed by atoms with Crippen molar-refractivity contribution in [1.82, 2.24) is 0 Å². The maximum absolute atomic E-state index is 3.45. The molecule has 0 fully saturated rings. The van der Waals surface area contributed by atoms with Crippen LogP contribution in [0.4, 0.5) is 0 Å². The minimum Gasteiger partial charge on any atom is -0.113 e. The van der Waals surface area contributed by atoms with E-state index in [0.29, 0.717) is 0 Å². The van der Waals surface area contributed by atoms with Crippen molar-refractivity contribution in [3.05, 3.63) is 155 Å². The Hall–Kier alpha value is -2.66. The standard InChI is InChI=1S/2C17H16.6C2H6.2W/c1-14(2)13-17(15-9-5-3-6-10-15)16-11-7-4-8-12-16;1-3-14-17(2,15-10-6-4-7-11-15)16-12-8-5-9-13-16;6*1-2;;/h3-12H,1-2H3;4-13H,1-2H3;6*1-2H3;;. The summed E-state index contributed by atoms with van der Waals surface area (Å²) >= 11 is 0. The van der Waals surface area contributed by atoms with Gasteiger partial charge in [-0.15, -0.1) is 11.7 Å². The molecule has 0 radical (unpaired) electrons. The van der Waals surface area contributed by atoms with Crippen molar-refractivity contribution in [3.63, 3.8) is 0 Å². The van der Waals surface area contributed by atoms with Gasteiger partial charge in [0.1, 0.15) is 0 Å². The van der Waals surface area contributed by atoms with Crippen molar-refractivity contribution in [2.24, 2.45) is 0 Å². The zero-order valence-corrected chi connectivity index (χ0v) is 39.2. The average molecular weight is 989 g/mol. The van der Waals surface area contributed by atoms with E-state index in [2.05, 4.69) is 135 Å². The van der Waals surface area contributed by atoms with Crippen LogP contribution in [-0.2, 0) is 47.5 Å². The first kappa shape index (κ1) is 57.6. The van der Waals surface area contributed by atoms with E-state index in [-0.39, 0.29) is 47.5 Å². The van der Waals surface area contributed by atoms with Crippen LogP contribution < -0.4 is 0 Å². The molecule has 0 atom stereocenters. The van der Waals surface area contributed by atoms with Gasteiger partial charge in [0.2, 0.25) is 0 Å². The van der Waals surface area contributed by atoms with Gasteiger partial charge < -0.3 is 0 Å². The van der Waals surface area contributed by atoms with Crippen LogP contribution in [0.3, 0.4) is 0 Å². The molecule has 0 aliphatic rings. The van der Waals surface area contributed by atoms with Gasteiger partial charge in [0.05, 0.1) is 5.41 Å². The molecule has 0 N–H and O–H groups in total. The molecule has 0 nitrogen and oxygen atoms in total. The summed E-state index contributed by atoms with van der Waals surface area (Å²) in [7, 11) is 0. The molecule has 0 aliphatic heterocycles. The van der Waals surface area contributed by atoms with Crippen LogP contribution in [0.2, 0.25) is 0 Å². The number of hydrogen-bond acceptors (Lipinski definition) is 0. The van der Waals surface area contributed by atoms with Crippen molar-refractivity contribution in [2.45, 2.75) is 116 Å². The predicted octanol–water partition coefficient (Wildman–Crippen LogP) is 14.9. The smallest absolute Gasteiger partial charge is 0.0783 e. The maximum Gasteiger partial charge on any atom is 0.0783 e. The Bertz CT molecular complexity index is 1210. The Balaban J connectivity index is -0.000000136. The summed E-state index contributed by atoms with van der Waals surface area (Å²) in [5, 5.41) is 0. The molecular formula is C46H68W2. The van der Waals surface area contributed by atoms with E-state index in [9.17, 15) is 0 Å². The van der Waals surface area contributed by atoms with E-state index in [4.69, 9.17) is 0 Å². The zero-order chi connectivity index (χ0) is 36.2. The first-order chi connectivity index (χ1) is 22.5. The molecule has 0 spiro atoms. The van der Waals surface area contributed by atoms with E-state index in [1.807, 2.05) is 114 Å². The molecule has 0 aromatic heterocycles. The molecule has 0 bridgehead atoms. The Labute approximate surface area is 328 Å². The van der Waals surface area contributed by atoms with E-state index in [0.717, 1.165) is 5.57 Å². The second kappa shape index (κ2) is 42.4. The Morgan fingerprint density at radius 3 is 0.917 bits per heavy atom.